The topological polar surface area (TPSA) is 49.4 Å². The van der Waals surface area contributed by atoms with Gasteiger partial charge in [-0.15, -0.1) is 0 Å². The molecule has 1 heterocycles. The van der Waals surface area contributed by atoms with Gasteiger partial charge >= 0.3 is 0 Å². The first kappa shape index (κ1) is 13.5. The van der Waals surface area contributed by atoms with Gasteiger partial charge in [0, 0.05) is 19.6 Å². The van der Waals surface area contributed by atoms with Crippen molar-refractivity contribution in [1.82, 2.24) is 9.62 Å². The molecule has 1 fully saturated rings. The van der Waals surface area contributed by atoms with E-state index in [9.17, 15) is 8.42 Å². The van der Waals surface area contributed by atoms with Crippen molar-refractivity contribution in [3.05, 3.63) is 35.9 Å². The highest BCUT2D eigenvalue weighted by molar-refractivity contribution is 7.88. The van der Waals surface area contributed by atoms with Crippen LogP contribution in [0, 0.1) is 0 Å². The molecule has 0 aliphatic carbocycles. The molecule has 18 heavy (non-hydrogen) atoms. The van der Waals surface area contributed by atoms with Crippen LogP contribution in [0.3, 0.4) is 0 Å². The Hall–Kier alpha value is -0.910. The Balaban J connectivity index is 2.05. The van der Waals surface area contributed by atoms with Crippen molar-refractivity contribution in [1.29, 1.82) is 0 Å². The highest BCUT2D eigenvalue weighted by Gasteiger charge is 2.27. The molecule has 5 heteroatoms. The van der Waals surface area contributed by atoms with Crippen molar-refractivity contribution in [2.75, 3.05) is 20.1 Å². The zero-order valence-electron chi connectivity index (χ0n) is 10.7. The molecule has 1 saturated heterocycles. The molecule has 0 radical (unpaired) electrons. The minimum atomic E-state index is -3.22. The molecule has 1 atom stereocenters. The van der Waals surface area contributed by atoms with E-state index in [1.807, 2.05) is 30.3 Å². The standard InChI is InChI=1S/C13H20N2O2S/c1-15(13-8-5-9-14-10-13)18(16,17)11-12-6-3-2-4-7-12/h2-4,6-7,13-14H,5,8-11H2,1H3. The smallest absolute Gasteiger partial charge is 0.218 e. The molecule has 1 aromatic carbocycles. The molecular formula is C13H20N2O2S. The van der Waals surface area contributed by atoms with E-state index < -0.39 is 10.0 Å². The Morgan fingerprint density at radius 2 is 2.06 bits per heavy atom. The van der Waals surface area contributed by atoms with Crippen LogP contribution in [0.25, 0.3) is 0 Å². The number of hydrogen-bond acceptors (Lipinski definition) is 3. The third-order valence-corrected chi connectivity index (χ3v) is 5.29. The van der Waals surface area contributed by atoms with E-state index in [4.69, 9.17) is 0 Å². The summed E-state index contributed by atoms with van der Waals surface area (Å²) < 4.78 is 26.1. The number of nitrogens with one attached hydrogen (secondary N) is 1. The Kier molecular flexibility index (Phi) is 4.37. The molecular weight excluding hydrogens is 248 g/mol. The molecule has 1 unspecified atom stereocenters. The number of sulfonamides is 1. The van der Waals surface area contributed by atoms with Crippen molar-refractivity contribution in [2.45, 2.75) is 24.6 Å². The van der Waals surface area contributed by atoms with Gasteiger partial charge in [-0.2, -0.15) is 0 Å². The van der Waals surface area contributed by atoms with Crippen LogP contribution in [0.2, 0.25) is 0 Å². The summed E-state index contributed by atoms with van der Waals surface area (Å²) in [5, 5.41) is 3.25. The van der Waals surface area contributed by atoms with Gasteiger partial charge in [0.05, 0.1) is 5.75 Å². The average Bonchev–Trinajstić information content (AvgIpc) is 2.39. The average molecular weight is 268 g/mol. The van der Waals surface area contributed by atoms with Crippen LogP contribution < -0.4 is 5.32 Å². The largest absolute Gasteiger partial charge is 0.315 e. The predicted molar refractivity (Wildman–Crippen MR) is 72.7 cm³/mol. The summed E-state index contributed by atoms with van der Waals surface area (Å²) in [4.78, 5) is 0. The minimum Gasteiger partial charge on any atom is -0.315 e. The summed E-state index contributed by atoms with van der Waals surface area (Å²) in [6, 6.07) is 9.42. The lowest BCUT2D eigenvalue weighted by Gasteiger charge is -2.30. The number of piperidine rings is 1. The number of nitrogens with zero attached hydrogens (tertiary/aromatic N) is 1. The molecule has 1 aromatic rings. The summed E-state index contributed by atoms with van der Waals surface area (Å²) in [6.45, 7) is 1.74. The van der Waals surface area contributed by atoms with Crippen LogP contribution in [-0.2, 0) is 15.8 Å². The number of hydrogen-bond donors (Lipinski definition) is 1. The van der Waals surface area contributed by atoms with Gasteiger partial charge in [-0.1, -0.05) is 30.3 Å². The number of rotatable bonds is 4. The van der Waals surface area contributed by atoms with Gasteiger partial charge in [0.2, 0.25) is 10.0 Å². The lowest BCUT2D eigenvalue weighted by atomic mass is 10.1. The van der Waals surface area contributed by atoms with Crippen molar-refractivity contribution < 1.29 is 8.42 Å². The van der Waals surface area contributed by atoms with Gasteiger partial charge in [0.25, 0.3) is 0 Å². The van der Waals surface area contributed by atoms with Gasteiger partial charge in [-0.25, -0.2) is 12.7 Å². The summed E-state index contributed by atoms with van der Waals surface area (Å²) in [7, 11) is -1.53. The molecule has 1 aliphatic heterocycles. The summed E-state index contributed by atoms with van der Waals surface area (Å²) in [5.74, 6) is 0.0842. The highest BCUT2D eigenvalue weighted by atomic mass is 32.2. The molecule has 1 N–H and O–H groups in total. The molecule has 0 amide bonds. The third kappa shape index (κ3) is 3.31. The minimum absolute atomic E-state index is 0.0842. The zero-order valence-corrected chi connectivity index (χ0v) is 11.5. The fraction of sp³-hybridized carbons (Fsp3) is 0.538. The van der Waals surface area contributed by atoms with Crippen molar-refractivity contribution in [3.63, 3.8) is 0 Å². The van der Waals surface area contributed by atoms with Gasteiger partial charge in [0.1, 0.15) is 0 Å². The molecule has 0 aromatic heterocycles. The Morgan fingerprint density at radius 3 is 2.67 bits per heavy atom. The van der Waals surface area contributed by atoms with Gasteiger partial charge in [-0.05, 0) is 24.9 Å². The first-order chi connectivity index (χ1) is 8.59. The van der Waals surface area contributed by atoms with Crippen LogP contribution in [-0.4, -0.2) is 38.9 Å². The van der Waals surface area contributed by atoms with E-state index >= 15 is 0 Å². The first-order valence-corrected chi connectivity index (χ1v) is 7.91. The van der Waals surface area contributed by atoms with E-state index in [2.05, 4.69) is 5.32 Å². The Labute approximate surface area is 109 Å². The summed E-state index contributed by atoms with van der Waals surface area (Å²) in [5.41, 5.74) is 0.841. The van der Waals surface area contributed by atoms with Crippen LogP contribution in [0.1, 0.15) is 18.4 Å². The molecule has 0 bridgehead atoms. The molecule has 100 valence electrons. The highest BCUT2D eigenvalue weighted by Crippen LogP contribution is 2.16. The van der Waals surface area contributed by atoms with Crippen LogP contribution in [0.15, 0.2) is 30.3 Å². The van der Waals surface area contributed by atoms with E-state index in [1.54, 1.807) is 7.05 Å². The fourth-order valence-corrected chi connectivity index (χ4v) is 3.71. The Bertz CT molecular complexity index is 467. The van der Waals surface area contributed by atoms with Crippen molar-refractivity contribution in [2.24, 2.45) is 0 Å². The zero-order chi connectivity index (χ0) is 13.0. The van der Waals surface area contributed by atoms with Gasteiger partial charge in [0.15, 0.2) is 0 Å². The fourth-order valence-electron chi connectivity index (χ4n) is 2.26. The maximum atomic E-state index is 12.3. The first-order valence-electron chi connectivity index (χ1n) is 6.30. The molecule has 4 nitrogen and oxygen atoms in total. The maximum absolute atomic E-state index is 12.3. The molecule has 1 aliphatic rings. The van der Waals surface area contributed by atoms with Gasteiger partial charge < -0.3 is 5.32 Å². The van der Waals surface area contributed by atoms with Gasteiger partial charge in [-0.3, -0.25) is 0 Å². The van der Waals surface area contributed by atoms with E-state index in [0.717, 1.165) is 31.5 Å². The molecule has 2 rings (SSSR count). The molecule has 0 saturated carbocycles. The lowest BCUT2D eigenvalue weighted by Crippen LogP contribution is -2.46. The summed E-state index contributed by atoms with van der Waals surface area (Å²) >= 11 is 0. The maximum Gasteiger partial charge on any atom is 0.218 e. The predicted octanol–water partition coefficient (Wildman–Crippen LogP) is 1.20. The Morgan fingerprint density at radius 1 is 1.33 bits per heavy atom. The SMILES string of the molecule is CN(C1CCCNC1)S(=O)(=O)Cc1ccccc1. The number of benzene rings is 1. The van der Waals surface area contributed by atoms with Crippen LogP contribution >= 0.6 is 0 Å². The van der Waals surface area contributed by atoms with E-state index in [-0.39, 0.29) is 11.8 Å². The molecule has 0 spiro atoms. The second kappa shape index (κ2) is 5.82. The van der Waals surface area contributed by atoms with E-state index in [0.29, 0.717) is 0 Å². The quantitative estimate of drug-likeness (QED) is 0.892. The monoisotopic (exact) mass is 268 g/mol. The third-order valence-electron chi connectivity index (χ3n) is 3.42. The van der Waals surface area contributed by atoms with Crippen LogP contribution in [0.5, 0.6) is 0 Å². The second-order valence-corrected chi connectivity index (χ2v) is 6.79. The summed E-state index contributed by atoms with van der Waals surface area (Å²) in [6.07, 6.45) is 1.98. The number of likely N-dealkylation sites (N-methyl/N-ethyl adjacent to an activating group) is 1. The second-order valence-electron chi connectivity index (χ2n) is 4.76. The normalized spacial score (nSPS) is 21.1. The van der Waals surface area contributed by atoms with Crippen molar-refractivity contribution >= 4 is 10.0 Å². The lowest BCUT2D eigenvalue weighted by molar-refractivity contribution is 0.300. The van der Waals surface area contributed by atoms with Crippen molar-refractivity contribution in [3.8, 4) is 0 Å². The van der Waals surface area contributed by atoms with E-state index in [1.165, 1.54) is 4.31 Å². The van der Waals surface area contributed by atoms with Crippen LogP contribution in [0.4, 0.5) is 0 Å².